The van der Waals surface area contributed by atoms with E-state index in [0.29, 0.717) is 17.5 Å². The van der Waals surface area contributed by atoms with E-state index in [-0.39, 0.29) is 6.04 Å². The number of nitrogens with one attached hydrogen (secondary N) is 1. The Balaban J connectivity index is 2.29. The maximum Gasteiger partial charge on any atom is 0.163 e. The Labute approximate surface area is 115 Å². The number of likely N-dealkylation sites (N-methyl/N-ethyl adjacent to an activating group) is 1. The van der Waals surface area contributed by atoms with Gasteiger partial charge in [-0.1, -0.05) is 12.1 Å². The van der Waals surface area contributed by atoms with Gasteiger partial charge in [-0.05, 0) is 26.5 Å². The van der Waals surface area contributed by atoms with Gasteiger partial charge in [0.05, 0.1) is 5.01 Å². The van der Waals surface area contributed by atoms with E-state index in [9.17, 15) is 8.78 Å². The van der Waals surface area contributed by atoms with Gasteiger partial charge in [0.25, 0.3) is 0 Å². The summed E-state index contributed by atoms with van der Waals surface area (Å²) in [5, 5.41) is 5.89. The number of halogens is 2. The van der Waals surface area contributed by atoms with Crippen LogP contribution in [0, 0.1) is 25.5 Å². The molecule has 0 aliphatic heterocycles. The third-order valence-corrected chi connectivity index (χ3v) is 4.06. The van der Waals surface area contributed by atoms with Gasteiger partial charge < -0.3 is 5.32 Å². The van der Waals surface area contributed by atoms with Gasteiger partial charge in [-0.2, -0.15) is 0 Å². The molecule has 1 atom stereocenters. The summed E-state index contributed by atoms with van der Waals surface area (Å²) in [4.78, 5) is 4.36. The Kier molecular flexibility index (Phi) is 4.27. The third-order valence-electron chi connectivity index (χ3n) is 3.07. The fourth-order valence-corrected chi connectivity index (χ4v) is 2.79. The van der Waals surface area contributed by atoms with Crippen LogP contribution in [-0.2, 0) is 6.42 Å². The Hall–Kier alpha value is -1.33. The first-order chi connectivity index (χ1) is 9.02. The topological polar surface area (TPSA) is 24.9 Å². The molecule has 5 heteroatoms. The van der Waals surface area contributed by atoms with Crippen molar-refractivity contribution in [3.05, 3.63) is 51.0 Å². The highest BCUT2D eigenvalue weighted by Crippen LogP contribution is 2.25. The molecule has 2 nitrogen and oxygen atoms in total. The molecule has 1 N–H and O–H groups in total. The van der Waals surface area contributed by atoms with Gasteiger partial charge in [0, 0.05) is 29.1 Å². The monoisotopic (exact) mass is 282 g/mol. The summed E-state index contributed by atoms with van der Waals surface area (Å²) >= 11 is 1.53. The molecule has 0 bridgehead atoms. The summed E-state index contributed by atoms with van der Waals surface area (Å²) in [6, 6.07) is 2.96. The van der Waals surface area contributed by atoms with Crippen molar-refractivity contribution in [2.45, 2.75) is 26.3 Å². The lowest BCUT2D eigenvalue weighted by Gasteiger charge is -2.17. The normalized spacial score (nSPS) is 12.7. The van der Waals surface area contributed by atoms with Gasteiger partial charge >= 0.3 is 0 Å². The first-order valence-electron chi connectivity index (χ1n) is 6.05. The van der Waals surface area contributed by atoms with E-state index in [1.807, 2.05) is 12.3 Å². The number of nitrogens with zero attached hydrogens (tertiary/aromatic N) is 1. The van der Waals surface area contributed by atoms with Crippen molar-refractivity contribution in [1.29, 1.82) is 0 Å². The molecule has 0 spiro atoms. The lowest BCUT2D eigenvalue weighted by atomic mass is 10.0. The maximum absolute atomic E-state index is 14.0. The number of thiazole rings is 1. The lowest BCUT2D eigenvalue weighted by Crippen LogP contribution is -2.20. The van der Waals surface area contributed by atoms with Gasteiger partial charge in [0.15, 0.2) is 11.6 Å². The average molecular weight is 282 g/mol. The number of benzene rings is 1. The van der Waals surface area contributed by atoms with Crippen LogP contribution in [0.5, 0.6) is 0 Å². The van der Waals surface area contributed by atoms with Gasteiger partial charge in [-0.3, -0.25) is 0 Å². The van der Waals surface area contributed by atoms with Gasteiger partial charge in [-0.25, -0.2) is 13.8 Å². The second-order valence-electron chi connectivity index (χ2n) is 4.53. The molecule has 2 rings (SSSR count). The zero-order valence-electron chi connectivity index (χ0n) is 11.1. The second-order valence-corrected chi connectivity index (χ2v) is 5.47. The molecule has 0 saturated carbocycles. The summed E-state index contributed by atoms with van der Waals surface area (Å²) in [5.74, 6) is -1.54. The highest BCUT2D eigenvalue weighted by molar-refractivity contribution is 7.09. The van der Waals surface area contributed by atoms with E-state index in [2.05, 4.69) is 10.3 Å². The van der Waals surface area contributed by atoms with Crippen LogP contribution in [0.15, 0.2) is 17.5 Å². The SMILES string of the molecule is CNC(Cc1nc(C)cs1)c1ccc(C)c(F)c1F. The van der Waals surface area contributed by atoms with Crippen LogP contribution >= 0.6 is 11.3 Å². The van der Waals surface area contributed by atoms with E-state index in [1.54, 1.807) is 26.1 Å². The number of rotatable bonds is 4. The minimum atomic E-state index is -0.771. The smallest absolute Gasteiger partial charge is 0.163 e. The van der Waals surface area contributed by atoms with Crippen LogP contribution in [0.2, 0.25) is 0 Å². The van der Waals surface area contributed by atoms with Crippen molar-refractivity contribution < 1.29 is 8.78 Å². The zero-order valence-corrected chi connectivity index (χ0v) is 11.9. The molecule has 19 heavy (non-hydrogen) atoms. The van der Waals surface area contributed by atoms with Crippen LogP contribution in [-0.4, -0.2) is 12.0 Å². The summed E-state index contributed by atoms with van der Waals surface area (Å²) in [6.45, 7) is 3.47. The van der Waals surface area contributed by atoms with Crippen LogP contribution in [0.3, 0.4) is 0 Å². The van der Waals surface area contributed by atoms with Gasteiger partial charge in [0.2, 0.25) is 0 Å². The van der Waals surface area contributed by atoms with Gasteiger partial charge in [-0.15, -0.1) is 11.3 Å². The quantitative estimate of drug-likeness (QED) is 0.927. The van der Waals surface area contributed by atoms with Crippen molar-refractivity contribution in [3.63, 3.8) is 0 Å². The Morgan fingerprint density at radius 1 is 1.26 bits per heavy atom. The Morgan fingerprint density at radius 3 is 2.58 bits per heavy atom. The van der Waals surface area contributed by atoms with Crippen LogP contribution < -0.4 is 5.32 Å². The molecule has 0 radical (unpaired) electrons. The molecule has 0 aliphatic carbocycles. The lowest BCUT2D eigenvalue weighted by molar-refractivity contribution is 0.469. The van der Waals surface area contributed by atoms with Crippen molar-refractivity contribution in [2.24, 2.45) is 0 Å². The first kappa shape index (κ1) is 14.1. The molecule has 102 valence electrons. The minimum Gasteiger partial charge on any atom is -0.313 e. The number of aryl methyl sites for hydroxylation is 2. The maximum atomic E-state index is 14.0. The largest absolute Gasteiger partial charge is 0.313 e. The molecule has 0 aliphatic rings. The van der Waals surface area contributed by atoms with E-state index >= 15 is 0 Å². The molecular weight excluding hydrogens is 266 g/mol. The highest BCUT2D eigenvalue weighted by atomic mass is 32.1. The fourth-order valence-electron chi connectivity index (χ4n) is 1.97. The van der Waals surface area contributed by atoms with Crippen LogP contribution in [0.4, 0.5) is 8.78 Å². The van der Waals surface area contributed by atoms with Crippen molar-refractivity contribution >= 4 is 11.3 Å². The predicted octanol–water partition coefficient (Wildman–Crippen LogP) is 3.54. The van der Waals surface area contributed by atoms with Crippen LogP contribution in [0.1, 0.15) is 27.9 Å². The Morgan fingerprint density at radius 2 is 2.00 bits per heavy atom. The molecule has 1 heterocycles. The predicted molar refractivity (Wildman–Crippen MR) is 73.5 cm³/mol. The Bertz CT molecular complexity index is 581. The molecule has 1 aromatic carbocycles. The minimum absolute atomic E-state index is 0.277. The molecule has 1 aromatic heterocycles. The second kappa shape index (κ2) is 5.75. The molecule has 0 fully saturated rings. The first-order valence-corrected chi connectivity index (χ1v) is 6.93. The number of hydrogen-bond donors (Lipinski definition) is 1. The third kappa shape index (κ3) is 2.98. The standard InChI is InChI=1S/C14H16F2N2S/c1-8-4-5-10(14(16)13(8)15)11(17-3)6-12-18-9(2)7-19-12/h4-5,7,11,17H,6H2,1-3H3. The molecule has 1 unspecified atom stereocenters. The molecular formula is C14H16F2N2S. The highest BCUT2D eigenvalue weighted by Gasteiger charge is 2.19. The van der Waals surface area contributed by atoms with Crippen molar-refractivity contribution in [3.8, 4) is 0 Å². The van der Waals surface area contributed by atoms with E-state index in [4.69, 9.17) is 0 Å². The van der Waals surface area contributed by atoms with Crippen LogP contribution in [0.25, 0.3) is 0 Å². The zero-order chi connectivity index (χ0) is 14.0. The summed E-state index contributed by atoms with van der Waals surface area (Å²) in [5.41, 5.74) is 1.62. The number of hydrogen-bond acceptors (Lipinski definition) is 3. The summed E-state index contributed by atoms with van der Waals surface area (Å²) < 4.78 is 27.6. The summed E-state index contributed by atoms with van der Waals surface area (Å²) in [7, 11) is 1.74. The van der Waals surface area contributed by atoms with E-state index < -0.39 is 11.6 Å². The average Bonchev–Trinajstić information content (AvgIpc) is 2.80. The van der Waals surface area contributed by atoms with Crippen molar-refractivity contribution in [2.75, 3.05) is 7.05 Å². The van der Waals surface area contributed by atoms with Gasteiger partial charge in [0.1, 0.15) is 0 Å². The molecule has 2 aromatic rings. The molecule has 0 amide bonds. The molecule has 0 saturated heterocycles. The van der Waals surface area contributed by atoms with E-state index in [1.165, 1.54) is 11.3 Å². The van der Waals surface area contributed by atoms with E-state index in [0.717, 1.165) is 10.7 Å². The summed E-state index contributed by atoms with van der Waals surface area (Å²) in [6.07, 6.45) is 0.550. The number of aromatic nitrogens is 1. The fraction of sp³-hybridized carbons (Fsp3) is 0.357. The van der Waals surface area contributed by atoms with Crippen molar-refractivity contribution in [1.82, 2.24) is 10.3 Å².